The minimum Gasteiger partial charge on any atom is -0.451 e. The van der Waals surface area contributed by atoms with Crippen LogP contribution in [-0.4, -0.2) is 130 Å². The average Bonchev–Trinajstić information content (AvgIpc) is 3.62. The molecule has 344 valence electrons. The number of aliphatic hydroxyl groups excluding tert-OH is 1. The van der Waals surface area contributed by atoms with Crippen molar-refractivity contribution < 1.29 is 38.6 Å². The average molecular weight is 865 g/mol. The second-order valence-corrected chi connectivity index (χ2v) is 18.6. The van der Waals surface area contributed by atoms with Gasteiger partial charge in [-0.15, -0.1) is 0 Å². The number of carbonyl (C=O) groups excluding carboxylic acids is 6. The van der Waals surface area contributed by atoms with Gasteiger partial charge in [0.05, 0.1) is 18.2 Å². The Morgan fingerprint density at radius 1 is 0.726 bits per heavy atom. The zero-order valence-corrected chi connectivity index (χ0v) is 38.9. The van der Waals surface area contributed by atoms with E-state index in [1.54, 1.807) is 7.05 Å². The van der Waals surface area contributed by atoms with Gasteiger partial charge < -0.3 is 40.6 Å². The smallest absolute Gasteiger partial charge is 0.329 e. The molecule has 1 aromatic heterocycles. The molecule has 0 spiro atoms. The number of likely N-dealkylation sites (N-methyl/N-ethyl adjacent to an activating group) is 3. The van der Waals surface area contributed by atoms with Gasteiger partial charge in [0.1, 0.15) is 30.4 Å². The van der Waals surface area contributed by atoms with Gasteiger partial charge in [0.15, 0.2) is 6.10 Å². The van der Waals surface area contributed by atoms with Crippen LogP contribution in [0.15, 0.2) is 30.5 Å². The predicted octanol–water partition coefficient (Wildman–Crippen LogP) is 3.87. The molecule has 0 bridgehead atoms. The van der Waals surface area contributed by atoms with E-state index in [2.05, 4.69) is 20.9 Å². The number of aliphatic hydroxyl groups is 1. The lowest BCUT2D eigenvalue weighted by Crippen LogP contribution is -2.62. The fourth-order valence-electron chi connectivity index (χ4n) is 7.92. The summed E-state index contributed by atoms with van der Waals surface area (Å²) < 4.78 is 5.71. The maximum absolute atomic E-state index is 14.7. The number of benzene rings is 1. The lowest BCUT2D eigenvalue weighted by molar-refractivity contribution is -0.163. The molecule has 16 nitrogen and oxygen atoms in total. The van der Waals surface area contributed by atoms with Crippen LogP contribution in [0.5, 0.6) is 0 Å². The first-order valence-electron chi connectivity index (χ1n) is 22.0. The number of nitriles is 1. The highest BCUT2D eigenvalue weighted by molar-refractivity contribution is 5.95. The van der Waals surface area contributed by atoms with Gasteiger partial charge in [-0.1, -0.05) is 73.6 Å². The number of ether oxygens (including phenoxy) is 1. The van der Waals surface area contributed by atoms with Crippen LogP contribution in [0.4, 0.5) is 0 Å². The van der Waals surface area contributed by atoms with Gasteiger partial charge in [0.2, 0.25) is 23.6 Å². The Morgan fingerprint density at radius 3 is 1.82 bits per heavy atom. The van der Waals surface area contributed by atoms with Crippen LogP contribution in [0, 0.1) is 35.0 Å². The topological polar surface area (TPSA) is 217 Å². The number of rotatable bonds is 12. The van der Waals surface area contributed by atoms with Crippen LogP contribution < -0.4 is 16.0 Å². The maximum Gasteiger partial charge on any atom is 0.329 e. The third-order valence-electron chi connectivity index (χ3n) is 11.5. The standard InChI is InChI=1S/C46H72N8O8/c1-26(2)20-34-43(58)52(10)30(9)46(61)62-39(18-15-19-47)42(57)51-36(22-28(5)6)45(60)53(11)37(23-29(7)8)40(55)50-35(21-27(3)4)44(59)54(12)38(41(56)49-34)24-31-25-48-33-17-14-13-16-32(31)33/h13-14,16-17,25-30,34-39,44,48,59H,15,18,20-24H2,1-12H3,(H,49,56)(H,50,55)(H,51,57)/t30-,34-,35-,36-,37-,38-,39+,44?/m0/s1. The van der Waals surface area contributed by atoms with Crippen molar-refractivity contribution >= 4 is 46.4 Å². The van der Waals surface area contributed by atoms with Crippen molar-refractivity contribution in [3.63, 3.8) is 0 Å². The highest BCUT2D eigenvalue weighted by Gasteiger charge is 2.40. The lowest BCUT2D eigenvalue weighted by atomic mass is 9.96. The van der Waals surface area contributed by atoms with E-state index >= 15 is 0 Å². The molecule has 1 aromatic carbocycles. The highest BCUT2D eigenvalue weighted by Crippen LogP contribution is 2.24. The zero-order chi connectivity index (χ0) is 46.6. The van der Waals surface area contributed by atoms with Gasteiger partial charge in [0, 0.05) is 44.0 Å². The summed E-state index contributed by atoms with van der Waals surface area (Å²) in [6.07, 6.45) is -0.328. The van der Waals surface area contributed by atoms with Crippen LogP contribution >= 0.6 is 0 Å². The molecule has 62 heavy (non-hydrogen) atoms. The minimum absolute atomic E-state index is 0.0169. The summed E-state index contributed by atoms with van der Waals surface area (Å²) in [6, 6.07) is 3.15. The van der Waals surface area contributed by atoms with E-state index in [0.717, 1.165) is 21.4 Å². The Labute approximate surface area is 367 Å². The van der Waals surface area contributed by atoms with Crippen molar-refractivity contribution in [3.05, 3.63) is 36.0 Å². The molecule has 1 fully saturated rings. The molecule has 2 heterocycles. The SMILES string of the molecule is CC(C)C[C@@H]1NC(=O)[C@H](Cc2c[nH]c3ccccc23)N(C)C(O)[C@H](CC(C)C)NC(=O)[C@H](CC(C)C)N(C)C(=O)[C@H](CC(C)C)NC(=O)[C@@H](CCC#N)OC(=O)[C@H](C)N(C)C1=O. The van der Waals surface area contributed by atoms with E-state index in [-0.39, 0.29) is 62.2 Å². The molecule has 2 aromatic rings. The fraction of sp³-hybridized carbons (Fsp3) is 0.674. The van der Waals surface area contributed by atoms with Crippen LogP contribution in [0.3, 0.4) is 0 Å². The monoisotopic (exact) mass is 865 g/mol. The lowest BCUT2D eigenvalue weighted by Gasteiger charge is -2.39. The van der Waals surface area contributed by atoms with E-state index in [9.17, 15) is 39.1 Å². The van der Waals surface area contributed by atoms with Gasteiger partial charge in [-0.3, -0.25) is 28.9 Å². The minimum atomic E-state index is -1.48. The number of nitrogens with zero attached hydrogens (tertiary/aromatic N) is 4. The highest BCUT2D eigenvalue weighted by atomic mass is 16.5. The van der Waals surface area contributed by atoms with E-state index < -0.39 is 84.1 Å². The van der Waals surface area contributed by atoms with Crippen molar-refractivity contribution in [3.8, 4) is 6.07 Å². The van der Waals surface area contributed by atoms with Crippen LogP contribution in [-0.2, 0) is 39.9 Å². The molecule has 1 aliphatic rings. The van der Waals surface area contributed by atoms with Crippen molar-refractivity contribution in [1.29, 1.82) is 5.26 Å². The first-order valence-corrected chi connectivity index (χ1v) is 22.0. The molecule has 5 N–H and O–H groups in total. The summed E-state index contributed by atoms with van der Waals surface area (Å²) in [4.78, 5) is 92.9. The molecule has 3 rings (SSSR count). The second-order valence-electron chi connectivity index (χ2n) is 18.6. The van der Waals surface area contributed by atoms with Gasteiger partial charge >= 0.3 is 5.97 Å². The van der Waals surface area contributed by atoms with Crippen LogP contribution in [0.25, 0.3) is 10.9 Å². The number of aromatic amines is 1. The zero-order valence-electron chi connectivity index (χ0n) is 38.9. The predicted molar refractivity (Wildman–Crippen MR) is 237 cm³/mol. The third kappa shape index (κ3) is 14.0. The molecule has 1 saturated heterocycles. The summed E-state index contributed by atoms with van der Waals surface area (Å²) in [5.74, 6) is -4.17. The molecule has 0 saturated carbocycles. The maximum atomic E-state index is 14.7. The van der Waals surface area contributed by atoms with Gasteiger partial charge in [0.25, 0.3) is 5.91 Å². The quantitative estimate of drug-likeness (QED) is 0.194. The molecule has 8 atom stereocenters. The number of hydrogen-bond acceptors (Lipinski definition) is 10. The number of cyclic esters (lactones) is 1. The number of amides is 5. The first kappa shape index (κ1) is 51.3. The van der Waals surface area contributed by atoms with Gasteiger partial charge in [-0.25, -0.2) is 4.79 Å². The van der Waals surface area contributed by atoms with Crippen molar-refractivity contribution in [2.24, 2.45) is 23.7 Å². The molecule has 16 heteroatoms. The first-order chi connectivity index (χ1) is 29.1. The largest absolute Gasteiger partial charge is 0.451 e. The van der Waals surface area contributed by atoms with Crippen LogP contribution in [0.2, 0.25) is 0 Å². The Kier molecular flexibility index (Phi) is 19.4. The number of aromatic nitrogens is 1. The van der Waals surface area contributed by atoms with Crippen molar-refractivity contribution in [1.82, 2.24) is 35.6 Å². The summed E-state index contributed by atoms with van der Waals surface area (Å²) in [5, 5.41) is 31.3. The Bertz CT molecular complexity index is 1890. The molecular formula is C46H72N8O8. The molecule has 1 aliphatic heterocycles. The van der Waals surface area contributed by atoms with E-state index in [4.69, 9.17) is 4.74 Å². The molecule has 5 amide bonds. The molecule has 0 radical (unpaired) electrons. The van der Waals surface area contributed by atoms with Crippen molar-refractivity contribution in [2.75, 3.05) is 21.1 Å². The van der Waals surface area contributed by atoms with Gasteiger partial charge in [-0.05, 0) is 81.4 Å². The fourth-order valence-corrected chi connectivity index (χ4v) is 7.92. The summed E-state index contributed by atoms with van der Waals surface area (Å²) in [6.45, 7) is 16.7. The number of carbonyl (C=O) groups is 6. The van der Waals surface area contributed by atoms with Gasteiger partial charge in [-0.2, -0.15) is 5.26 Å². The number of H-pyrrole nitrogens is 1. The molecular weight excluding hydrogens is 793 g/mol. The number of fused-ring (bicyclic) bond motifs is 1. The molecule has 1 unspecified atom stereocenters. The number of nitrogens with one attached hydrogen (secondary N) is 4. The normalized spacial score (nSPS) is 26.1. The second kappa shape index (κ2) is 23.4. The Morgan fingerprint density at radius 2 is 1.26 bits per heavy atom. The molecule has 0 aliphatic carbocycles. The summed E-state index contributed by atoms with van der Waals surface area (Å²) in [5.41, 5.74) is 1.64. The van der Waals surface area contributed by atoms with Crippen LogP contribution in [0.1, 0.15) is 106 Å². The van der Waals surface area contributed by atoms with E-state index in [1.165, 1.54) is 30.8 Å². The summed E-state index contributed by atoms with van der Waals surface area (Å²) in [7, 11) is 4.51. The number of hydrogen-bond donors (Lipinski definition) is 5. The Hall–Kier alpha value is -5.01. The third-order valence-corrected chi connectivity index (χ3v) is 11.5. The van der Waals surface area contributed by atoms with E-state index in [0.29, 0.717) is 6.42 Å². The number of esters is 1. The van der Waals surface area contributed by atoms with Crippen molar-refractivity contribution in [2.45, 2.75) is 156 Å². The number of para-hydroxylation sites is 1. The Balaban J connectivity index is 2.26. The summed E-state index contributed by atoms with van der Waals surface area (Å²) >= 11 is 0. The van der Waals surface area contributed by atoms with E-state index in [1.807, 2.05) is 91.9 Å².